The highest BCUT2D eigenvalue weighted by molar-refractivity contribution is 6.37. The van der Waals surface area contributed by atoms with Crippen LogP contribution in [0, 0.1) is 22.7 Å². The van der Waals surface area contributed by atoms with Gasteiger partial charge in [-0.1, -0.05) is 157 Å². The van der Waals surface area contributed by atoms with E-state index in [0.717, 1.165) is 36.8 Å². The SMILES string of the molecule is C=C1c2cc3c(cc2C2(C)CCC1(C(C)C)CC2)c1cc2c(c4cccc5cccc(c54)n2-c2c(-c4ccccc4)cccc2-c2ccccc2)c2c4cc5c(cc4n3c12)C(=O)C1(C(C)C)CCC5(C)CC1. The van der Waals surface area contributed by atoms with E-state index in [0.29, 0.717) is 11.7 Å². The Kier molecular flexibility index (Phi) is 8.52. The van der Waals surface area contributed by atoms with Crippen LogP contribution in [-0.2, 0) is 10.8 Å². The maximum atomic E-state index is 15.6. The lowest BCUT2D eigenvalue weighted by Crippen LogP contribution is -2.39. The van der Waals surface area contributed by atoms with E-state index >= 15 is 4.79 Å². The molecule has 3 nitrogen and oxygen atoms in total. The van der Waals surface area contributed by atoms with Gasteiger partial charge in [0.1, 0.15) is 0 Å². The van der Waals surface area contributed by atoms with Gasteiger partial charge in [0.2, 0.25) is 0 Å². The van der Waals surface area contributed by atoms with E-state index in [9.17, 15) is 0 Å². The maximum Gasteiger partial charge on any atom is 0.169 e. The van der Waals surface area contributed by atoms with Crippen molar-refractivity contribution in [3.8, 4) is 27.9 Å². The molecule has 17 rings (SSSR count). The third-order valence-electron chi connectivity index (χ3n) is 20.5. The van der Waals surface area contributed by atoms with E-state index in [2.05, 4.69) is 196 Å². The standard InChI is InChI=1S/C69H62N2O/c1-40(2)68-31-27-66(6,28-32-68)54-35-50-51-38-59-61(62-53-36-55-52(65(72)69(41(3)4)33-29-67(55,7)30-34-69)39-58(53)71(64(51)62)57(50)37-49(54)42(68)5)48-25-14-21-45-22-15-26-56(60(45)48)70(59)63-46(43-17-10-8-11-18-43)23-16-24-47(63)44-19-12-9-13-20-44/h8-26,35-41H,5,27-34H2,1-4,6-7H3. The van der Waals surface area contributed by atoms with Gasteiger partial charge in [-0.25, -0.2) is 0 Å². The lowest BCUT2D eigenvalue weighted by atomic mass is 9.59. The van der Waals surface area contributed by atoms with Crippen LogP contribution >= 0.6 is 0 Å². The van der Waals surface area contributed by atoms with Crippen LogP contribution in [0.1, 0.15) is 120 Å². The number of nitrogens with zero attached hydrogens (tertiary/aromatic N) is 2. The first-order valence-corrected chi connectivity index (χ1v) is 27.1. The molecular weight excluding hydrogens is 873 g/mol. The molecule has 0 unspecified atom stereocenters. The monoisotopic (exact) mass is 934 g/mol. The van der Waals surface area contributed by atoms with Crippen molar-refractivity contribution in [2.75, 3.05) is 0 Å². The highest BCUT2D eigenvalue weighted by Gasteiger charge is 2.53. The van der Waals surface area contributed by atoms with Crippen molar-refractivity contribution >= 4 is 82.0 Å². The summed E-state index contributed by atoms with van der Waals surface area (Å²) in [5, 5.41) is 10.1. The number of rotatable bonds is 5. The molecule has 2 saturated carbocycles. The Hall–Kier alpha value is -6.97. The normalized spacial score (nSPS) is 24.1. The highest BCUT2D eigenvalue weighted by atomic mass is 16.1. The number of carbonyl (C=O) groups excluding carboxylic acids is 1. The van der Waals surface area contributed by atoms with Crippen molar-refractivity contribution in [3.63, 3.8) is 0 Å². The van der Waals surface area contributed by atoms with Crippen molar-refractivity contribution < 1.29 is 4.79 Å². The van der Waals surface area contributed by atoms with Gasteiger partial charge in [0.15, 0.2) is 5.78 Å². The Morgan fingerprint density at radius 1 is 0.458 bits per heavy atom. The molecule has 354 valence electrons. The Bertz CT molecular complexity index is 4100. The fourth-order valence-corrected chi connectivity index (χ4v) is 16.0. The van der Waals surface area contributed by atoms with Crippen molar-refractivity contribution in [3.05, 3.63) is 174 Å². The van der Waals surface area contributed by atoms with Crippen LogP contribution in [-0.4, -0.2) is 14.8 Å². The average Bonchev–Trinajstić information content (AvgIpc) is 3.80. The largest absolute Gasteiger partial charge is 0.308 e. The van der Waals surface area contributed by atoms with Crippen LogP contribution in [0.25, 0.3) is 104 Å². The molecule has 0 radical (unpaired) electrons. The number of Topliss-reactive ketones (excluding diaryl/α,β-unsaturated/α-hetero) is 1. The minimum absolute atomic E-state index is 0.0539. The second-order valence-corrected chi connectivity index (χ2v) is 24.2. The van der Waals surface area contributed by atoms with Crippen LogP contribution in [0.4, 0.5) is 0 Å². The summed E-state index contributed by atoms with van der Waals surface area (Å²) in [6.07, 6.45) is 8.65. The molecule has 0 saturated heterocycles. The van der Waals surface area contributed by atoms with Gasteiger partial charge >= 0.3 is 0 Å². The topological polar surface area (TPSA) is 26.4 Å². The van der Waals surface area contributed by atoms with Gasteiger partial charge in [0.05, 0.1) is 33.3 Å². The second kappa shape index (κ2) is 14.4. The first kappa shape index (κ1) is 42.7. The third-order valence-corrected chi connectivity index (χ3v) is 20.5. The zero-order valence-corrected chi connectivity index (χ0v) is 42.7. The minimum atomic E-state index is -0.338. The summed E-state index contributed by atoms with van der Waals surface area (Å²) in [4.78, 5) is 15.6. The third kappa shape index (κ3) is 5.25. The first-order valence-electron chi connectivity index (χ1n) is 27.1. The van der Waals surface area contributed by atoms with E-state index in [1.165, 1.54) is 141 Å². The molecular formula is C69H62N2O. The fourth-order valence-electron chi connectivity index (χ4n) is 16.0. The summed E-state index contributed by atoms with van der Waals surface area (Å²) in [7, 11) is 0. The number of carbonyl (C=O) groups is 1. The van der Waals surface area contributed by atoms with Gasteiger partial charge in [0.25, 0.3) is 0 Å². The van der Waals surface area contributed by atoms with Crippen LogP contribution in [0.5, 0.6) is 0 Å². The smallest absolute Gasteiger partial charge is 0.169 e. The Balaban J connectivity index is 1.20. The lowest BCUT2D eigenvalue weighted by molar-refractivity contribution is 0.0543. The number of hydrogen-bond donors (Lipinski definition) is 0. The second-order valence-electron chi connectivity index (χ2n) is 24.2. The number of pyridine rings is 1. The molecule has 0 aliphatic heterocycles. The van der Waals surface area contributed by atoms with Crippen molar-refractivity contribution in [1.29, 1.82) is 0 Å². The summed E-state index contributed by atoms with van der Waals surface area (Å²) >= 11 is 0. The van der Waals surface area contributed by atoms with Gasteiger partial charge in [-0.05, 0) is 160 Å². The van der Waals surface area contributed by atoms with Gasteiger partial charge in [-0.15, -0.1) is 0 Å². The molecule has 0 N–H and O–H groups in total. The summed E-state index contributed by atoms with van der Waals surface area (Å²) in [6.45, 7) is 19.5. The predicted octanol–water partition coefficient (Wildman–Crippen LogP) is 18.6. The Morgan fingerprint density at radius 2 is 1.00 bits per heavy atom. The summed E-state index contributed by atoms with van der Waals surface area (Å²) < 4.78 is 5.26. The van der Waals surface area contributed by atoms with Gasteiger partial charge in [-0.3, -0.25) is 4.79 Å². The molecule has 0 atom stereocenters. The molecule has 2 fully saturated rings. The number of aromatic nitrogens is 2. The van der Waals surface area contributed by atoms with E-state index < -0.39 is 0 Å². The van der Waals surface area contributed by atoms with Crippen molar-refractivity contribution in [1.82, 2.24) is 8.97 Å². The number of allylic oxidation sites excluding steroid dienone is 1. The number of benzene rings is 8. The molecule has 6 aliphatic carbocycles. The molecule has 4 bridgehead atoms. The fraction of sp³-hybridized carbons (Fsp3) is 0.290. The number of fused-ring (bicyclic) bond motifs is 13. The molecule has 6 aliphatic rings. The first-order chi connectivity index (χ1) is 34.9. The van der Waals surface area contributed by atoms with Crippen LogP contribution < -0.4 is 0 Å². The molecule has 3 heterocycles. The molecule has 0 amide bonds. The van der Waals surface area contributed by atoms with Gasteiger partial charge < -0.3 is 8.97 Å². The number of ketones is 1. The summed E-state index contributed by atoms with van der Waals surface area (Å²) in [5.74, 6) is 1.14. The van der Waals surface area contributed by atoms with E-state index in [-0.39, 0.29) is 27.6 Å². The zero-order valence-electron chi connectivity index (χ0n) is 42.7. The van der Waals surface area contributed by atoms with Crippen molar-refractivity contribution in [2.24, 2.45) is 22.7 Å². The predicted molar refractivity (Wildman–Crippen MR) is 303 cm³/mol. The zero-order chi connectivity index (χ0) is 48.8. The molecule has 3 aromatic heterocycles. The molecule has 11 aromatic rings. The van der Waals surface area contributed by atoms with Crippen LogP contribution in [0.15, 0.2) is 152 Å². The quantitative estimate of drug-likeness (QED) is 0.125. The van der Waals surface area contributed by atoms with Crippen LogP contribution in [0.2, 0.25) is 0 Å². The van der Waals surface area contributed by atoms with E-state index in [1.54, 1.807) is 0 Å². The van der Waals surface area contributed by atoms with Crippen molar-refractivity contribution in [2.45, 2.75) is 104 Å². The van der Waals surface area contributed by atoms with Gasteiger partial charge in [0, 0.05) is 54.4 Å². The molecule has 72 heavy (non-hydrogen) atoms. The average molecular weight is 935 g/mol. The number of hydrogen-bond acceptors (Lipinski definition) is 1. The molecule has 3 heteroatoms. The molecule has 8 aromatic carbocycles. The summed E-state index contributed by atoms with van der Waals surface area (Å²) in [5.41, 5.74) is 18.0. The van der Waals surface area contributed by atoms with Crippen LogP contribution in [0.3, 0.4) is 0 Å². The number of para-hydroxylation sites is 1. The maximum absolute atomic E-state index is 15.6. The Labute approximate surface area is 422 Å². The minimum Gasteiger partial charge on any atom is -0.308 e. The lowest BCUT2D eigenvalue weighted by Gasteiger charge is -2.45. The summed E-state index contributed by atoms with van der Waals surface area (Å²) in [6, 6.07) is 55.4. The Morgan fingerprint density at radius 3 is 1.62 bits per heavy atom. The molecule has 0 spiro atoms. The highest BCUT2D eigenvalue weighted by Crippen LogP contribution is 2.63. The van der Waals surface area contributed by atoms with E-state index in [1.807, 2.05) is 0 Å². The van der Waals surface area contributed by atoms with Gasteiger partial charge in [-0.2, -0.15) is 0 Å². The van der Waals surface area contributed by atoms with E-state index in [4.69, 9.17) is 6.58 Å².